The molecule has 0 amide bonds. The Morgan fingerprint density at radius 1 is 1.19 bits per heavy atom. The summed E-state index contributed by atoms with van der Waals surface area (Å²) in [4.78, 5) is 30.6. The van der Waals surface area contributed by atoms with Crippen LogP contribution < -0.4 is 0 Å². The summed E-state index contributed by atoms with van der Waals surface area (Å²) in [5.74, 6) is -1.25. The van der Waals surface area contributed by atoms with Crippen LogP contribution in [-0.2, 0) is 25.5 Å². The van der Waals surface area contributed by atoms with E-state index >= 15 is 0 Å². The Morgan fingerprint density at radius 3 is 2.19 bits per heavy atom. The highest BCUT2D eigenvalue weighted by molar-refractivity contribution is 6.11. The van der Waals surface area contributed by atoms with Crippen LogP contribution in [0.3, 0.4) is 0 Å². The maximum absolute atomic E-state index is 10.6. The molecule has 0 unspecified atom stereocenters. The van der Waals surface area contributed by atoms with Crippen LogP contribution in [0.4, 0.5) is 0 Å². The second-order valence-corrected chi connectivity index (χ2v) is 4.37. The van der Waals surface area contributed by atoms with Gasteiger partial charge in [-0.25, -0.2) is 4.79 Å². The number of aliphatic hydroxyl groups is 1. The predicted octanol–water partition coefficient (Wildman–Crippen LogP) is 1.71. The summed E-state index contributed by atoms with van der Waals surface area (Å²) < 4.78 is 4.24. The smallest absolute Gasteiger partial charge is 0.353 e. The minimum absolute atomic E-state index is 0.00280. The van der Waals surface area contributed by atoms with Crippen LogP contribution in [0.25, 0.3) is 0 Å². The number of ether oxygens (including phenoxy) is 1. The highest BCUT2D eigenvalue weighted by Gasteiger charge is 2.37. The second kappa shape index (κ2) is 10.7. The van der Waals surface area contributed by atoms with Crippen LogP contribution in [0.15, 0.2) is 30.3 Å². The van der Waals surface area contributed by atoms with Crippen molar-refractivity contribution in [1.82, 2.24) is 0 Å². The van der Waals surface area contributed by atoms with Crippen molar-refractivity contribution >= 4 is 18.5 Å². The normalized spacial score (nSPS) is 10.0. The monoisotopic (exact) mass is 294 g/mol. The number of hydrogen-bond donors (Lipinski definition) is 1. The highest BCUT2D eigenvalue weighted by Crippen LogP contribution is 2.03. The van der Waals surface area contributed by atoms with Gasteiger partial charge in [0.25, 0.3) is 5.60 Å². The third kappa shape index (κ3) is 7.37. The van der Waals surface area contributed by atoms with Crippen LogP contribution in [0.5, 0.6) is 0 Å². The van der Waals surface area contributed by atoms with Crippen molar-refractivity contribution in [3.8, 4) is 0 Å². The van der Waals surface area contributed by atoms with Gasteiger partial charge in [0.1, 0.15) is 0 Å². The van der Waals surface area contributed by atoms with Gasteiger partial charge < -0.3 is 9.84 Å². The number of rotatable bonds is 7. The lowest BCUT2D eigenvalue weighted by atomic mass is 10.1. The molecule has 0 heterocycles. The molecule has 0 fully saturated rings. The summed E-state index contributed by atoms with van der Waals surface area (Å²) in [5, 5.41) is 8.82. The molecule has 0 aliphatic rings. The number of benzene rings is 1. The summed E-state index contributed by atoms with van der Waals surface area (Å²) in [7, 11) is 0. The Kier molecular flexibility index (Phi) is 9.71. The van der Waals surface area contributed by atoms with E-state index < -0.39 is 11.6 Å². The molecule has 1 aromatic carbocycles. The zero-order chi connectivity index (χ0) is 16.1. The maximum atomic E-state index is 10.6. The van der Waals surface area contributed by atoms with E-state index in [1.54, 1.807) is 0 Å². The fourth-order valence-corrected chi connectivity index (χ4v) is 1.40. The fraction of sp³-hybridized carbons (Fsp3) is 0.438. The van der Waals surface area contributed by atoms with Crippen molar-refractivity contribution in [3.63, 3.8) is 0 Å². The second-order valence-electron chi connectivity index (χ2n) is 4.37. The van der Waals surface area contributed by atoms with Gasteiger partial charge in [-0.15, -0.1) is 0 Å². The molecule has 21 heavy (non-hydrogen) atoms. The molecule has 0 atom stereocenters. The number of carbonyl (C=O) groups excluding carboxylic acids is 3. The predicted molar refractivity (Wildman–Crippen MR) is 78.8 cm³/mol. The van der Waals surface area contributed by atoms with E-state index in [0.29, 0.717) is 0 Å². The van der Waals surface area contributed by atoms with E-state index in [1.165, 1.54) is 31.7 Å². The third-order valence-electron chi connectivity index (χ3n) is 2.62. The molecule has 5 heteroatoms. The van der Waals surface area contributed by atoms with Crippen LogP contribution in [0, 0.1) is 0 Å². The van der Waals surface area contributed by atoms with Crippen molar-refractivity contribution in [2.45, 2.75) is 38.7 Å². The van der Waals surface area contributed by atoms with E-state index in [4.69, 9.17) is 5.11 Å². The Labute approximate surface area is 124 Å². The molecular formula is C16H22O5. The van der Waals surface area contributed by atoms with Gasteiger partial charge in [0.15, 0.2) is 12.6 Å². The highest BCUT2D eigenvalue weighted by atomic mass is 16.5. The minimum atomic E-state index is -2.63. The molecule has 0 saturated heterocycles. The first kappa shape index (κ1) is 19.0. The van der Waals surface area contributed by atoms with E-state index in [2.05, 4.69) is 42.0 Å². The summed E-state index contributed by atoms with van der Waals surface area (Å²) in [6.45, 7) is 3.72. The Balaban J connectivity index is 0.000000382. The Hall–Kier alpha value is -2.01. The summed E-state index contributed by atoms with van der Waals surface area (Å²) >= 11 is 0. The number of unbranched alkanes of at least 4 members (excludes halogenated alkanes) is 1. The van der Waals surface area contributed by atoms with Crippen molar-refractivity contribution in [2.75, 3.05) is 6.61 Å². The molecule has 0 aliphatic heterocycles. The van der Waals surface area contributed by atoms with Gasteiger partial charge in [0, 0.05) is 0 Å². The molecular weight excluding hydrogens is 272 g/mol. The first-order valence-electron chi connectivity index (χ1n) is 6.90. The average Bonchev–Trinajstić information content (AvgIpc) is 2.54. The molecule has 0 radical (unpaired) electrons. The summed E-state index contributed by atoms with van der Waals surface area (Å²) in [6, 6.07) is 10.6. The summed E-state index contributed by atoms with van der Waals surface area (Å²) in [5.41, 5.74) is -1.17. The first-order chi connectivity index (χ1) is 10.0. The number of aldehydes is 2. The molecule has 0 bridgehead atoms. The lowest BCUT2D eigenvalue weighted by Crippen LogP contribution is -2.43. The minimum Gasteiger partial charge on any atom is -0.463 e. The number of esters is 1. The largest absolute Gasteiger partial charge is 0.463 e. The van der Waals surface area contributed by atoms with Gasteiger partial charge >= 0.3 is 5.97 Å². The van der Waals surface area contributed by atoms with E-state index in [-0.39, 0.29) is 19.2 Å². The summed E-state index contributed by atoms with van der Waals surface area (Å²) in [6.07, 6.45) is 3.49. The van der Waals surface area contributed by atoms with Crippen LogP contribution >= 0.6 is 0 Å². The van der Waals surface area contributed by atoms with Crippen molar-refractivity contribution in [1.29, 1.82) is 0 Å². The average molecular weight is 294 g/mol. The maximum Gasteiger partial charge on any atom is 0.353 e. The van der Waals surface area contributed by atoms with Crippen LogP contribution in [-0.4, -0.2) is 35.9 Å². The zero-order valence-electron chi connectivity index (χ0n) is 12.5. The van der Waals surface area contributed by atoms with Gasteiger partial charge in [0.2, 0.25) is 0 Å². The number of carbonyl (C=O) groups is 3. The van der Waals surface area contributed by atoms with Gasteiger partial charge in [0.05, 0.1) is 6.61 Å². The lowest BCUT2D eigenvalue weighted by Gasteiger charge is -2.10. The molecule has 0 spiro atoms. The quantitative estimate of drug-likeness (QED) is 0.470. The lowest BCUT2D eigenvalue weighted by molar-refractivity contribution is -0.166. The van der Waals surface area contributed by atoms with Crippen LogP contribution in [0.2, 0.25) is 0 Å². The molecule has 0 aliphatic carbocycles. The van der Waals surface area contributed by atoms with E-state index in [0.717, 1.165) is 0 Å². The Morgan fingerprint density at radius 2 is 1.76 bits per heavy atom. The van der Waals surface area contributed by atoms with Gasteiger partial charge in [-0.2, -0.15) is 0 Å². The topological polar surface area (TPSA) is 80.7 Å². The van der Waals surface area contributed by atoms with Gasteiger partial charge in [-0.3, -0.25) is 9.59 Å². The molecule has 5 nitrogen and oxygen atoms in total. The Bertz CT molecular complexity index is 420. The molecule has 0 aromatic heterocycles. The molecule has 0 saturated carbocycles. The molecule has 1 rings (SSSR count). The first-order valence-corrected chi connectivity index (χ1v) is 6.90. The number of hydrogen-bond acceptors (Lipinski definition) is 5. The SMILES string of the molecule is CCCCc1ccccc1.CCOC(=O)C(O)(C=O)C=O. The van der Waals surface area contributed by atoms with Gasteiger partial charge in [-0.05, 0) is 25.3 Å². The standard InChI is InChI=1S/C10H14.C6H8O5/c1-2-3-7-10-8-5-4-6-9-10;1-2-11-5(9)6(10,3-7)4-8/h4-6,8-9H,2-3,7H2,1H3;3-4,10H,2H2,1H3. The fourth-order valence-electron chi connectivity index (χ4n) is 1.40. The third-order valence-corrected chi connectivity index (χ3v) is 2.62. The zero-order valence-corrected chi connectivity index (χ0v) is 12.5. The van der Waals surface area contributed by atoms with Crippen LogP contribution in [0.1, 0.15) is 32.3 Å². The number of aryl methyl sites for hydroxylation is 1. The van der Waals surface area contributed by atoms with Crippen molar-refractivity contribution < 1.29 is 24.2 Å². The molecule has 116 valence electrons. The van der Waals surface area contributed by atoms with Crippen molar-refractivity contribution in [2.24, 2.45) is 0 Å². The van der Waals surface area contributed by atoms with E-state index in [1.807, 2.05) is 0 Å². The van der Waals surface area contributed by atoms with Gasteiger partial charge in [-0.1, -0.05) is 43.7 Å². The van der Waals surface area contributed by atoms with Crippen molar-refractivity contribution in [3.05, 3.63) is 35.9 Å². The van der Waals surface area contributed by atoms with E-state index in [9.17, 15) is 14.4 Å². The molecule has 1 N–H and O–H groups in total. The molecule has 1 aromatic rings.